The lowest BCUT2D eigenvalue weighted by molar-refractivity contribution is -0.0395. The van der Waals surface area contributed by atoms with Gasteiger partial charge in [-0.2, -0.15) is 5.10 Å². The van der Waals surface area contributed by atoms with E-state index in [1.54, 1.807) is 17.7 Å². The van der Waals surface area contributed by atoms with Crippen LogP contribution in [-0.4, -0.2) is 92.1 Å². The quantitative estimate of drug-likeness (QED) is 0.252. The van der Waals surface area contributed by atoms with Crippen LogP contribution in [0.4, 0.5) is 0 Å². The number of rotatable bonds is 8. The summed E-state index contributed by atoms with van der Waals surface area (Å²) in [5, 5.41) is 10.6. The first-order chi connectivity index (χ1) is 20.6. The van der Waals surface area contributed by atoms with Gasteiger partial charge in [-0.1, -0.05) is 30.3 Å². The van der Waals surface area contributed by atoms with Crippen molar-refractivity contribution in [2.45, 2.75) is 32.4 Å². The molecule has 1 aromatic carbocycles. The summed E-state index contributed by atoms with van der Waals surface area (Å²) in [6.45, 7) is 8.75. The van der Waals surface area contributed by atoms with E-state index in [1.807, 2.05) is 46.6 Å². The Morgan fingerprint density at radius 1 is 1.05 bits per heavy atom. The lowest BCUT2D eigenvalue weighted by Gasteiger charge is -2.32. The first-order valence-electron chi connectivity index (χ1n) is 14.7. The zero-order valence-electron chi connectivity index (χ0n) is 24.1. The van der Waals surface area contributed by atoms with E-state index in [-0.39, 0.29) is 6.23 Å². The molecule has 1 unspecified atom stereocenters. The zero-order chi connectivity index (χ0) is 28.5. The molecule has 0 N–H and O–H groups in total. The van der Waals surface area contributed by atoms with Crippen LogP contribution in [0.15, 0.2) is 55.0 Å². The number of ether oxygens (including phenoxy) is 2. The number of benzene rings is 1. The molecule has 0 aliphatic carbocycles. The highest BCUT2D eigenvalue weighted by atomic mass is 32.1. The summed E-state index contributed by atoms with van der Waals surface area (Å²) in [6.07, 6.45) is 6.86. The molecule has 2 fully saturated rings. The smallest absolute Gasteiger partial charge is 0.193 e. The number of fused-ring (bicyclic) bond motifs is 1. The van der Waals surface area contributed by atoms with Crippen molar-refractivity contribution < 1.29 is 9.47 Å². The average molecular weight is 585 g/mol. The molecule has 0 amide bonds. The number of hydrogen-bond acceptors (Lipinski definition) is 9. The van der Waals surface area contributed by atoms with Gasteiger partial charge in [0, 0.05) is 57.2 Å². The fraction of sp³-hybridized carbons (Fsp3) is 0.419. The third kappa shape index (κ3) is 5.57. The fourth-order valence-electron chi connectivity index (χ4n) is 5.68. The van der Waals surface area contributed by atoms with E-state index in [4.69, 9.17) is 29.6 Å². The number of piperazine rings is 1. The predicted molar refractivity (Wildman–Crippen MR) is 164 cm³/mol. The molecule has 7 rings (SSSR count). The molecule has 1 atom stereocenters. The van der Waals surface area contributed by atoms with E-state index in [0.717, 1.165) is 102 Å². The molecule has 6 heterocycles. The number of thiazole rings is 1. The number of pyridine rings is 1. The Balaban J connectivity index is 1.20. The molecule has 10 nitrogen and oxygen atoms in total. The summed E-state index contributed by atoms with van der Waals surface area (Å²) in [5.74, 6) is 1.50. The molecule has 218 valence electrons. The van der Waals surface area contributed by atoms with E-state index < -0.39 is 0 Å². The minimum Gasteiger partial charge on any atom is -0.492 e. The molecule has 42 heavy (non-hydrogen) atoms. The summed E-state index contributed by atoms with van der Waals surface area (Å²) in [6, 6.07) is 14.3. The van der Waals surface area contributed by atoms with Crippen LogP contribution in [-0.2, 0) is 4.74 Å². The van der Waals surface area contributed by atoms with E-state index in [0.29, 0.717) is 12.4 Å². The fourth-order valence-corrected chi connectivity index (χ4v) is 6.81. The monoisotopic (exact) mass is 584 g/mol. The second-order valence-corrected chi connectivity index (χ2v) is 12.1. The molecule has 2 saturated heterocycles. The van der Waals surface area contributed by atoms with Crippen molar-refractivity contribution in [2.24, 2.45) is 0 Å². The minimum atomic E-state index is -0.0656. The largest absolute Gasteiger partial charge is 0.492 e. The third-order valence-corrected chi connectivity index (χ3v) is 9.17. The Morgan fingerprint density at radius 2 is 1.90 bits per heavy atom. The molecule has 0 spiro atoms. The Bertz CT molecular complexity index is 1650. The van der Waals surface area contributed by atoms with Crippen LogP contribution in [0.1, 0.15) is 31.2 Å². The van der Waals surface area contributed by atoms with Crippen molar-refractivity contribution in [1.29, 1.82) is 0 Å². The van der Waals surface area contributed by atoms with Gasteiger partial charge in [0.1, 0.15) is 28.6 Å². The predicted octanol–water partition coefficient (Wildman–Crippen LogP) is 5.02. The second-order valence-electron chi connectivity index (χ2n) is 11.1. The van der Waals surface area contributed by atoms with Gasteiger partial charge in [-0.3, -0.25) is 4.90 Å². The maximum Gasteiger partial charge on any atom is 0.193 e. The molecular formula is C31H36N8O2S. The van der Waals surface area contributed by atoms with Crippen LogP contribution in [0.2, 0.25) is 0 Å². The maximum atomic E-state index is 6.22. The van der Waals surface area contributed by atoms with Crippen LogP contribution < -0.4 is 4.74 Å². The van der Waals surface area contributed by atoms with Gasteiger partial charge in [0.25, 0.3) is 0 Å². The van der Waals surface area contributed by atoms with Crippen molar-refractivity contribution in [1.82, 2.24) is 39.2 Å². The average Bonchev–Trinajstić information content (AvgIpc) is 3.76. The molecule has 0 bridgehead atoms. The van der Waals surface area contributed by atoms with Crippen molar-refractivity contribution in [2.75, 3.05) is 53.0 Å². The molecule has 2 aliphatic heterocycles. The Kier molecular flexibility index (Phi) is 7.72. The molecule has 5 aromatic rings. The molecule has 2 aliphatic rings. The maximum absolute atomic E-state index is 6.22. The van der Waals surface area contributed by atoms with Crippen molar-refractivity contribution in [3.8, 4) is 38.3 Å². The number of nitrogens with zero attached hydrogens (tertiary/aromatic N) is 8. The Morgan fingerprint density at radius 3 is 2.71 bits per heavy atom. The SMILES string of the molecule is Cc1nn2ccc(OCCN3CCN(C)CC3)cc2c1-c1nc(-c2ccccc2)c(-c2ncn(C3CCCCO3)n2)s1. The standard InChI is InChI=1S/C31H36N8O2S/c1-22-27(25-20-24(11-12-38(25)34-22)40-19-17-37-15-13-36(2)14-16-37)31-33-28(23-8-4-3-5-9-23)29(42-31)30-32-21-39(35-30)26-10-6-7-18-41-26/h3-5,8-9,11-12,20-21,26H,6-7,10,13-19H2,1-2H3. The Hall–Kier alpha value is -3.64. The lowest BCUT2D eigenvalue weighted by atomic mass is 10.1. The molecular weight excluding hydrogens is 548 g/mol. The summed E-state index contributed by atoms with van der Waals surface area (Å²) in [7, 11) is 2.18. The molecule has 11 heteroatoms. The lowest BCUT2D eigenvalue weighted by Crippen LogP contribution is -2.45. The van der Waals surface area contributed by atoms with E-state index in [2.05, 4.69) is 35.0 Å². The zero-order valence-corrected chi connectivity index (χ0v) is 25.0. The number of hydrogen-bond donors (Lipinski definition) is 0. The number of aryl methyl sites for hydroxylation is 1. The second kappa shape index (κ2) is 11.9. The Labute approximate surface area is 249 Å². The van der Waals surface area contributed by atoms with Gasteiger partial charge in [0.15, 0.2) is 12.1 Å². The van der Waals surface area contributed by atoms with Crippen molar-refractivity contribution >= 4 is 16.9 Å². The van der Waals surface area contributed by atoms with Crippen LogP contribution in [0.25, 0.3) is 38.0 Å². The van der Waals surface area contributed by atoms with Gasteiger partial charge in [0.05, 0.1) is 22.5 Å². The highest BCUT2D eigenvalue weighted by molar-refractivity contribution is 7.19. The summed E-state index contributed by atoms with van der Waals surface area (Å²) in [5.41, 5.74) is 4.79. The summed E-state index contributed by atoms with van der Waals surface area (Å²) >= 11 is 1.60. The first kappa shape index (κ1) is 27.2. The van der Waals surface area contributed by atoms with E-state index in [9.17, 15) is 0 Å². The third-order valence-electron chi connectivity index (χ3n) is 8.10. The molecule has 0 saturated carbocycles. The van der Waals surface area contributed by atoms with Gasteiger partial charge >= 0.3 is 0 Å². The first-order valence-corrected chi connectivity index (χ1v) is 15.6. The summed E-state index contributed by atoms with van der Waals surface area (Å²) in [4.78, 5) is 15.7. The molecule has 4 aromatic heterocycles. The van der Waals surface area contributed by atoms with Gasteiger partial charge in [0.2, 0.25) is 0 Å². The normalized spacial score (nSPS) is 18.6. The van der Waals surface area contributed by atoms with Crippen molar-refractivity contribution in [3.63, 3.8) is 0 Å². The van der Waals surface area contributed by atoms with E-state index in [1.165, 1.54) is 0 Å². The highest BCUT2D eigenvalue weighted by Gasteiger charge is 2.24. The van der Waals surface area contributed by atoms with Gasteiger partial charge in [-0.05, 0) is 39.3 Å². The highest BCUT2D eigenvalue weighted by Crippen LogP contribution is 2.42. The molecule has 0 radical (unpaired) electrons. The van der Waals surface area contributed by atoms with Crippen LogP contribution in [0.5, 0.6) is 5.75 Å². The topological polar surface area (TPSA) is 85.8 Å². The van der Waals surface area contributed by atoms with E-state index >= 15 is 0 Å². The van der Waals surface area contributed by atoms with Crippen LogP contribution in [0, 0.1) is 6.92 Å². The minimum absolute atomic E-state index is 0.0656. The van der Waals surface area contributed by atoms with Crippen LogP contribution in [0.3, 0.4) is 0 Å². The van der Waals surface area contributed by atoms with Gasteiger partial charge in [-0.15, -0.1) is 16.4 Å². The number of aromatic nitrogens is 6. The van der Waals surface area contributed by atoms with Crippen LogP contribution >= 0.6 is 11.3 Å². The summed E-state index contributed by atoms with van der Waals surface area (Å²) < 4.78 is 15.9. The van der Waals surface area contributed by atoms with Gasteiger partial charge < -0.3 is 14.4 Å². The number of likely N-dealkylation sites (N-methyl/N-ethyl adjacent to an activating group) is 1. The van der Waals surface area contributed by atoms with Gasteiger partial charge in [-0.25, -0.2) is 19.2 Å². The van der Waals surface area contributed by atoms with Crippen molar-refractivity contribution in [3.05, 3.63) is 60.7 Å².